The average Bonchev–Trinajstić information content (AvgIpc) is 2.96. The van der Waals surface area contributed by atoms with Crippen molar-refractivity contribution in [1.29, 1.82) is 0 Å². The number of benzene rings is 1. The average molecular weight is 351 g/mol. The summed E-state index contributed by atoms with van der Waals surface area (Å²) in [5.74, 6) is 2.21. The van der Waals surface area contributed by atoms with Gasteiger partial charge in [-0.05, 0) is 24.6 Å². The van der Waals surface area contributed by atoms with Crippen LogP contribution in [0, 0.1) is 0 Å². The van der Waals surface area contributed by atoms with E-state index >= 15 is 0 Å². The molecule has 7 heteroatoms. The summed E-state index contributed by atoms with van der Waals surface area (Å²) >= 11 is 1.71. The second kappa shape index (κ2) is 8.94. The van der Waals surface area contributed by atoms with Crippen molar-refractivity contribution in [2.24, 2.45) is 0 Å². The Hall–Kier alpha value is -1.73. The lowest BCUT2D eigenvalue weighted by molar-refractivity contribution is 0.189. The van der Waals surface area contributed by atoms with Crippen LogP contribution in [0.4, 0.5) is 0 Å². The first-order valence-corrected chi connectivity index (χ1v) is 8.79. The number of aromatic nitrogens is 3. The quantitative estimate of drug-likeness (QED) is 0.509. The van der Waals surface area contributed by atoms with Crippen LogP contribution in [0.15, 0.2) is 23.4 Å². The fourth-order valence-electron chi connectivity index (χ4n) is 2.34. The molecule has 6 nitrogen and oxygen atoms in total. The molecule has 0 aliphatic carbocycles. The highest BCUT2D eigenvalue weighted by atomic mass is 32.2. The minimum absolute atomic E-state index is 0.439. The zero-order chi connectivity index (χ0) is 17.5. The maximum Gasteiger partial charge on any atom is 0.191 e. The van der Waals surface area contributed by atoms with E-state index in [1.165, 1.54) is 0 Å². The third kappa shape index (κ3) is 4.42. The minimum atomic E-state index is 0.439. The van der Waals surface area contributed by atoms with Gasteiger partial charge in [0.2, 0.25) is 0 Å². The number of hydrogen-bond donors (Lipinski definition) is 0. The van der Waals surface area contributed by atoms with Crippen LogP contribution in [-0.2, 0) is 11.3 Å². The smallest absolute Gasteiger partial charge is 0.191 e. The van der Waals surface area contributed by atoms with Crippen LogP contribution in [0.3, 0.4) is 0 Å². The Kier molecular flexibility index (Phi) is 6.93. The van der Waals surface area contributed by atoms with Gasteiger partial charge in [-0.25, -0.2) is 0 Å². The van der Waals surface area contributed by atoms with Gasteiger partial charge in [-0.2, -0.15) is 0 Å². The van der Waals surface area contributed by atoms with Crippen molar-refractivity contribution in [2.75, 3.05) is 27.9 Å². The van der Waals surface area contributed by atoms with Gasteiger partial charge in [0.15, 0.2) is 22.5 Å². The first kappa shape index (κ1) is 18.6. The number of methoxy groups -OCH3 is 3. The molecule has 0 atom stereocenters. The number of thioether (sulfide) groups is 1. The van der Waals surface area contributed by atoms with Gasteiger partial charge in [-0.1, -0.05) is 25.6 Å². The summed E-state index contributed by atoms with van der Waals surface area (Å²) in [6.07, 6.45) is 0.903. The number of rotatable bonds is 9. The first-order chi connectivity index (χ1) is 11.6. The van der Waals surface area contributed by atoms with E-state index in [2.05, 4.69) is 28.6 Å². The Morgan fingerprint density at radius 2 is 1.83 bits per heavy atom. The lowest BCUT2D eigenvalue weighted by Gasteiger charge is -2.13. The summed E-state index contributed by atoms with van der Waals surface area (Å²) in [7, 11) is 4.97. The normalized spacial score (nSPS) is 11.1. The van der Waals surface area contributed by atoms with Crippen molar-refractivity contribution in [3.63, 3.8) is 0 Å². The summed E-state index contributed by atoms with van der Waals surface area (Å²) in [6, 6.07) is 5.79. The molecular formula is C17H25N3O3S. The molecule has 0 radical (unpaired) electrons. The fraction of sp³-hybridized carbons (Fsp3) is 0.529. The molecule has 0 saturated carbocycles. The summed E-state index contributed by atoms with van der Waals surface area (Å²) in [6.45, 7) is 5.80. The SMILES string of the molecule is COCCCn1c(SC(C)C)nnc1-c1ccc(OC)c(OC)c1. The highest BCUT2D eigenvalue weighted by Gasteiger charge is 2.17. The molecular weight excluding hydrogens is 326 g/mol. The molecule has 0 saturated heterocycles. The largest absolute Gasteiger partial charge is 0.493 e. The predicted molar refractivity (Wildman–Crippen MR) is 96.0 cm³/mol. The predicted octanol–water partition coefficient (Wildman–Crippen LogP) is 3.50. The Morgan fingerprint density at radius 3 is 2.46 bits per heavy atom. The van der Waals surface area contributed by atoms with E-state index in [0.29, 0.717) is 23.4 Å². The summed E-state index contributed by atoms with van der Waals surface area (Å²) in [5.41, 5.74) is 0.952. The van der Waals surface area contributed by atoms with Crippen LogP contribution in [-0.4, -0.2) is 48.0 Å². The molecule has 24 heavy (non-hydrogen) atoms. The molecule has 0 spiro atoms. The van der Waals surface area contributed by atoms with Crippen molar-refractivity contribution in [3.05, 3.63) is 18.2 Å². The molecule has 0 fully saturated rings. The zero-order valence-electron chi connectivity index (χ0n) is 14.9. The van der Waals surface area contributed by atoms with E-state index in [4.69, 9.17) is 14.2 Å². The van der Waals surface area contributed by atoms with E-state index in [1.54, 1.807) is 33.1 Å². The highest BCUT2D eigenvalue weighted by molar-refractivity contribution is 7.99. The number of nitrogens with zero attached hydrogens (tertiary/aromatic N) is 3. The van der Waals surface area contributed by atoms with Gasteiger partial charge in [0.05, 0.1) is 14.2 Å². The first-order valence-electron chi connectivity index (χ1n) is 7.91. The van der Waals surface area contributed by atoms with Crippen molar-refractivity contribution >= 4 is 11.8 Å². The second-order valence-corrected chi connectivity index (χ2v) is 7.08. The Balaban J connectivity index is 2.39. The van der Waals surface area contributed by atoms with Crippen molar-refractivity contribution in [2.45, 2.75) is 37.2 Å². The Labute approximate surface area is 147 Å². The van der Waals surface area contributed by atoms with Gasteiger partial charge in [-0.15, -0.1) is 10.2 Å². The fourth-order valence-corrected chi connectivity index (χ4v) is 3.16. The minimum Gasteiger partial charge on any atom is -0.493 e. The van der Waals surface area contributed by atoms with Gasteiger partial charge >= 0.3 is 0 Å². The molecule has 1 aromatic heterocycles. The van der Waals surface area contributed by atoms with Gasteiger partial charge in [0.25, 0.3) is 0 Å². The van der Waals surface area contributed by atoms with Crippen LogP contribution >= 0.6 is 11.8 Å². The maximum absolute atomic E-state index is 5.40. The summed E-state index contributed by atoms with van der Waals surface area (Å²) < 4.78 is 18.0. The maximum atomic E-state index is 5.40. The van der Waals surface area contributed by atoms with E-state index in [-0.39, 0.29) is 0 Å². The standard InChI is InChI=1S/C17H25N3O3S/c1-12(2)24-17-19-18-16(20(17)9-6-10-21-3)13-7-8-14(22-4)15(11-13)23-5/h7-8,11-12H,6,9-10H2,1-5H3. The number of ether oxygens (including phenoxy) is 3. The molecule has 1 aromatic carbocycles. The number of hydrogen-bond acceptors (Lipinski definition) is 6. The summed E-state index contributed by atoms with van der Waals surface area (Å²) in [4.78, 5) is 0. The Bertz CT molecular complexity index is 659. The molecule has 1 heterocycles. The van der Waals surface area contributed by atoms with E-state index < -0.39 is 0 Å². The monoisotopic (exact) mass is 351 g/mol. The Morgan fingerprint density at radius 1 is 1.08 bits per heavy atom. The molecule has 0 bridgehead atoms. The van der Waals surface area contributed by atoms with E-state index in [0.717, 1.165) is 29.5 Å². The van der Waals surface area contributed by atoms with Gasteiger partial charge in [0, 0.05) is 31.1 Å². The lowest BCUT2D eigenvalue weighted by atomic mass is 10.2. The van der Waals surface area contributed by atoms with Gasteiger partial charge in [-0.3, -0.25) is 0 Å². The van der Waals surface area contributed by atoms with E-state index in [9.17, 15) is 0 Å². The van der Waals surface area contributed by atoms with Crippen molar-refractivity contribution in [3.8, 4) is 22.9 Å². The van der Waals surface area contributed by atoms with Crippen LogP contribution in [0.5, 0.6) is 11.5 Å². The molecule has 0 unspecified atom stereocenters. The second-order valence-electron chi connectivity index (χ2n) is 5.54. The molecule has 0 aliphatic rings. The highest BCUT2D eigenvalue weighted by Crippen LogP contribution is 2.33. The molecule has 0 N–H and O–H groups in total. The van der Waals surface area contributed by atoms with Crippen molar-refractivity contribution < 1.29 is 14.2 Å². The topological polar surface area (TPSA) is 58.4 Å². The summed E-state index contributed by atoms with van der Waals surface area (Å²) in [5, 5.41) is 10.1. The van der Waals surface area contributed by atoms with Crippen molar-refractivity contribution in [1.82, 2.24) is 14.8 Å². The zero-order valence-corrected chi connectivity index (χ0v) is 15.7. The van der Waals surface area contributed by atoms with E-state index in [1.807, 2.05) is 18.2 Å². The third-order valence-electron chi connectivity index (χ3n) is 3.43. The molecule has 2 aromatic rings. The van der Waals surface area contributed by atoms with Gasteiger partial charge < -0.3 is 18.8 Å². The molecule has 132 valence electrons. The lowest BCUT2D eigenvalue weighted by Crippen LogP contribution is -2.06. The molecule has 0 aliphatic heterocycles. The molecule has 0 amide bonds. The van der Waals surface area contributed by atoms with Crippen LogP contribution < -0.4 is 9.47 Å². The third-order valence-corrected chi connectivity index (χ3v) is 4.41. The van der Waals surface area contributed by atoms with Crippen LogP contribution in [0.25, 0.3) is 11.4 Å². The van der Waals surface area contributed by atoms with Crippen LogP contribution in [0.2, 0.25) is 0 Å². The van der Waals surface area contributed by atoms with Gasteiger partial charge in [0.1, 0.15) is 0 Å². The molecule has 2 rings (SSSR count). The van der Waals surface area contributed by atoms with Crippen LogP contribution in [0.1, 0.15) is 20.3 Å².